The zero-order valence-corrected chi connectivity index (χ0v) is 15.6. The SMILES string of the molecule is CCOC(=O)C(CC(NC(C)=O)(C(=O)OCC)C(=O)OCC)OC(C)=O. The van der Waals surface area contributed by atoms with E-state index in [0.717, 1.165) is 13.8 Å². The van der Waals surface area contributed by atoms with Crippen molar-refractivity contribution in [2.75, 3.05) is 19.8 Å². The molecule has 0 heterocycles. The predicted molar refractivity (Wildman–Crippen MR) is 86.6 cm³/mol. The first-order valence-electron chi connectivity index (χ1n) is 8.11. The van der Waals surface area contributed by atoms with Gasteiger partial charge in [0.25, 0.3) is 0 Å². The Morgan fingerprint density at radius 3 is 1.65 bits per heavy atom. The molecule has 0 spiro atoms. The van der Waals surface area contributed by atoms with Gasteiger partial charge in [-0.15, -0.1) is 0 Å². The van der Waals surface area contributed by atoms with Crippen molar-refractivity contribution in [3.63, 3.8) is 0 Å². The predicted octanol–water partition coefficient (Wildman–Crippen LogP) is -0.128. The fourth-order valence-corrected chi connectivity index (χ4v) is 2.10. The summed E-state index contributed by atoms with van der Waals surface area (Å²) in [5.41, 5.74) is -2.37. The Morgan fingerprint density at radius 1 is 0.846 bits per heavy atom. The van der Waals surface area contributed by atoms with Crippen LogP contribution in [0.2, 0.25) is 0 Å². The van der Waals surface area contributed by atoms with Crippen molar-refractivity contribution in [1.82, 2.24) is 5.32 Å². The largest absolute Gasteiger partial charge is 0.464 e. The summed E-state index contributed by atoms with van der Waals surface area (Å²) >= 11 is 0. The van der Waals surface area contributed by atoms with Gasteiger partial charge in [0.15, 0.2) is 0 Å². The molecule has 1 unspecified atom stereocenters. The lowest BCUT2D eigenvalue weighted by Crippen LogP contribution is -2.63. The van der Waals surface area contributed by atoms with Crippen LogP contribution in [0.25, 0.3) is 0 Å². The maximum Gasteiger partial charge on any atom is 0.347 e. The number of carbonyl (C=O) groups excluding carboxylic acids is 5. The van der Waals surface area contributed by atoms with E-state index < -0.39 is 47.8 Å². The second-order valence-corrected chi connectivity index (χ2v) is 5.08. The number of amides is 1. The molecular formula is C16H25NO9. The van der Waals surface area contributed by atoms with Gasteiger partial charge in [-0.25, -0.2) is 14.4 Å². The van der Waals surface area contributed by atoms with Crippen molar-refractivity contribution in [3.8, 4) is 0 Å². The molecule has 1 amide bonds. The number of hydrogen-bond donors (Lipinski definition) is 1. The van der Waals surface area contributed by atoms with Crippen LogP contribution in [0.5, 0.6) is 0 Å². The molecule has 148 valence electrons. The minimum atomic E-state index is -2.37. The standard InChI is InChI=1S/C16H25NO9/c1-6-23-13(20)12(26-11(5)19)9-16(17-10(4)18,14(21)24-7-2)15(22)25-8-3/h12H,6-9H2,1-5H3,(H,17,18). The fraction of sp³-hybridized carbons (Fsp3) is 0.688. The summed E-state index contributed by atoms with van der Waals surface area (Å²) in [6, 6.07) is 0. The summed E-state index contributed by atoms with van der Waals surface area (Å²) in [6.45, 7) is 6.41. The van der Waals surface area contributed by atoms with E-state index in [0.29, 0.717) is 0 Å². The van der Waals surface area contributed by atoms with Gasteiger partial charge in [0.05, 0.1) is 19.8 Å². The van der Waals surface area contributed by atoms with Gasteiger partial charge in [0, 0.05) is 20.3 Å². The van der Waals surface area contributed by atoms with Gasteiger partial charge >= 0.3 is 23.9 Å². The van der Waals surface area contributed by atoms with Gasteiger partial charge in [-0.05, 0) is 20.8 Å². The maximum absolute atomic E-state index is 12.5. The molecule has 0 aliphatic carbocycles. The van der Waals surface area contributed by atoms with E-state index >= 15 is 0 Å². The molecule has 1 atom stereocenters. The number of nitrogens with one attached hydrogen (secondary N) is 1. The lowest BCUT2D eigenvalue weighted by molar-refractivity contribution is -0.177. The van der Waals surface area contributed by atoms with Crippen LogP contribution < -0.4 is 5.32 Å². The average Bonchev–Trinajstić information content (AvgIpc) is 2.53. The molecule has 0 rings (SSSR count). The minimum absolute atomic E-state index is 0.0253. The van der Waals surface area contributed by atoms with Crippen molar-refractivity contribution in [2.45, 2.75) is 52.7 Å². The van der Waals surface area contributed by atoms with Gasteiger partial charge in [0.1, 0.15) is 0 Å². The molecule has 0 saturated heterocycles. The Labute approximate surface area is 151 Å². The molecule has 0 aliphatic heterocycles. The van der Waals surface area contributed by atoms with Crippen LogP contribution in [0.1, 0.15) is 41.0 Å². The molecule has 10 heteroatoms. The highest BCUT2D eigenvalue weighted by Gasteiger charge is 2.53. The molecule has 26 heavy (non-hydrogen) atoms. The van der Waals surface area contributed by atoms with E-state index in [-0.39, 0.29) is 19.8 Å². The number of hydrogen-bond acceptors (Lipinski definition) is 9. The first-order valence-corrected chi connectivity index (χ1v) is 8.11. The molecule has 0 aromatic heterocycles. The normalized spacial score (nSPS) is 11.7. The Balaban J connectivity index is 6.06. The third-order valence-electron chi connectivity index (χ3n) is 2.99. The van der Waals surface area contributed by atoms with Crippen LogP contribution in [0.3, 0.4) is 0 Å². The van der Waals surface area contributed by atoms with Crippen molar-refractivity contribution in [3.05, 3.63) is 0 Å². The minimum Gasteiger partial charge on any atom is -0.464 e. The fourth-order valence-electron chi connectivity index (χ4n) is 2.10. The van der Waals surface area contributed by atoms with E-state index in [1.165, 1.54) is 20.8 Å². The topological polar surface area (TPSA) is 134 Å². The highest BCUT2D eigenvalue weighted by Crippen LogP contribution is 2.21. The van der Waals surface area contributed by atoms with Crippen LogP contribution in [0.4, 0.5) is 0 Å². The first-order chi connectivity index (χ1) is 12.1. The summed E-state index contributed by atoms with van der Waals surface area (Å²) < 4.78 is 19.4. The molecule has 0 aromatic rings. The van der Waals surface area contributed by atoms with Gasteiger partial charge in [-0.1, -0.05) is 0 Å². The number of rotatable bonds is 10. The quantitative estimate of drug-likeness (QED) is 0.315. The average molecular weight is 375 g/mol. The molecule has 10 nitrogen and oxygen atoms in total. The third-order valence-corrected chi connectivity index (χ3v) is 2.99. The maximum atomic E-state index is 12.5. The molecule has 0 aromatic carbocycles. The zero-order valence-electron chi connectivity index (χ0n) is 15.6. The second-order valence-electron chi connectivity index (χ2n) is 5.08. The monoisotopic (exact) mass is 375 g/mol. The zero-order chi connectivity index (χ0) is 20.3. The summed E-state index contributed by atoms with van der Waals surface area (Å²) in [5.74, 6) is -4.86. The smallest absolute Gasteiger partial charge is 0.347 e. The Hall–Kier alpha value is -2.65. The Morgan fingerprint density at radius 2 is 1.31 bits per heavy atom. The van der Waals surface area contributed by atoms with Crippen LogP contribution in [-0.4, -0.2) is 61.2 Å². The van der Waals surface area contributed by atoms with E-state index in [1.807, 2.05) is 0 Å². The highest BCUT2D eigenvalue weighted by atomic mass is 16.6. The first kappa shape index (κ1) is 23.4. The molecule has 0 saturated carbocycles. The lowest BCUT2D eigenvalue weighted by Gasteiger charge is -2.31. The van der Waals surface area contributed by atoms with Crippen molar-refractivity contribution < 1.29 is 42.9 Å². The van der Waals surface area contributed by atoms with Crippen LogP contribution in [-0.2, 0) is 42.9 Å². The van der Waals surface area contributed by atoms with Crippen molar-refractivity contribution >= 4 is 29.8 Å². The van der Waals surface area contributed by atoms with E-state index in [9.17, 15) is 24.0 Å². The molecule has 0 fully saturated rings. The van der Waals surface area contributed by atoms with Gasteiger partial charge < -0.3 is 24.3 Å². The van der Waals surface area contributed by atoms with Crippen molar-refractivity contribution in [1.29, 1.82) is 0 Å². The Kier molecular flexibility index (Phi) is 9.93. The summed E-state index contributed by atoms with van der Waals surface area (Å²) in [5, 5.41) is 2.18. The number of ether oxygens (including phenoxy) is 4. The molecular weight excluding hydrogens is 350 g/mol. The van der Waals surface area contributed by atoms with E-state index in [2.05, 4.69) is 5.32 Å². The summed E-state index contributed by atoms with van der Waals surface area (Å²) in [7, 11) is 0. The van der Waals surface area contributed by atoms with E-state index in [1.54, 1.807) is 0 Å². The second kappa shape index (κ2) is 11.1. The summed E-state index contributed by atoms with van der Waals surface area (Å²) in [4.78, 5) is 60.0. The summed E-state index contributed by atoms with van der Waals surface area (Å²) in [6.07, 6.45) is -2.36. The van der Waals surface area contributed by atoms with Crippen LogP contribution >= 0.6 is 0 Å². The van der Waals surface area contributed by atoms with Crippen molar-refractivity contribution in [2.24, 2.45) is 0 Å². The van der Waals surface area contributed by atoms with Gasteiger partial charge in [-0.3, -0.25) is 9.59 Å². The lowest BCUT2D eigenvalue weighted by atomic mass is 9.91. The van der Waals surface area contributed by atoms with Gasteiger partial charge in [0.2, 0.25) is 17.6 Å². The highest BCUT2D eigenvalue weighted by molar-refractivity contribution is 6.08. The van der Waals surface area contributed by atoms with Gasteiger partial charge in [-0.2, -0.15) is 0 Å². The van der Waals surface area contributed by atoms with Crippen LogP contribution in [0.15, 0.2) is 0 Å². The third kappa shape index (κ3) is 6.69. The number of esters is 4. The molecule has 0 aliphatic rings. The van der Waals surface area contributed by atoms with E-state index in [4.69, 9.17) is 18.9 Å². The van der Waals surface area contributed by atoms with Crippen LogP contribution in [0, 0.1) is 0 Å². The molecule has 0 radical (unpaired) electrons. The molecule has 0 bridgehead atoms. The molecule has 1 N–H and O–H groups in total. The number of carbonyl (C=O) groups is 5. The Bertz CT molecular complexity index is 526.